The minimum Gasteiger partial charge on any atom is -0.347 e. The molecule has 0 bridgehead atoms. The molecule has 5 heteroatoms. The SMILES string of the molecule is CC(=O)CC(=O)N(C)Cc1ncc[nH]1. The first-order valence-electron chi connectivity index (χ1n) is 4.31. The summed E-state index contributed by atoms with van der Waals surface area (Å²) in [6.07, 6.45) is 3.27. The van der Waals surface area contributed by atoms with Crippen LogP contribution in [-0.2, 0) is 16.1 Å². The second-order valence-corrected chi connectivity index (χ2v) is 3.16. The maximum atomic E-state index is 11.3. The number of carbonyl (C=O) groups is 2. The number of nitrogens with zero attached hydrogens (tertiary/aromatic N) is 2. The number of Topliss-reactive ketones (excluding diaryl/α,β-unsaturated/α-hetero) is 1. The summed E-state index contributed by atoms with van der Waals surface area (Å²) < 4.78 is 0. The summed E-state index contributed by atoms with van der Waals surface area (Å²) in [6.45, 7) is 1.80. The van der Waals surface area contributed by atoms with Gasteiger partial charge in [0.2, 0.25) is 5.91 Å². The van der Waals surface area contributed by atoms with E-state index in [1.807, 2.05) is 0 Å². The monoisotopic (exact) mass is 195 g/mol. The van der Waals surface area contributed by atoms with E-state index in [9.17, 15) is 9.59 Å². The summed E-state index contributed by atoms with van der Waals surface area (Å²) in [5.41, 5.74) is 0. The van der Waals surface area contributed by atoms with Crippen molar-refractivity contribution in [2.75, 3.05) is 7.05 Å². The molecule has 76 valence electrons. The van der Waals surface area contributed by atoms with Crippen LogP contribution in [0.4, 0.5) is 0 Å². The highest BCUT2D eigenvalue weighted by atomic mass is 16.2. The molecule has 0 saturated heterocycles. The van der Waals surface area contributed by atoms with Crippen molar-refractivity contribution in [3.8, 4) is 0 Å². The molecule has 1 N–H and O–H groups in total. The number of rotatable bonds is 4. The van der Waals surface area contributed by atoms with Crippen LogP contribution in [0.3, 0.4) is 0 Å². The summed E-state index contributed by atoms with van der Waals surface area (Å²) in [5.74, 6) is 0.402. The van der Waals surface area contributed by atoms with Gasteiger partial charge in [0.15, 0.2) is 0 Å². The molecule has 0 spiro atoms. The molecule has 1 rings (SSSR count). The number of aromatic amines is 1. The molecule has 0 unspecified atom stereocenters. The van der Waals surface area contributed by atoms with E-state index in [-0.39, 0.29) is 18.1 Å². The molecular formula is C9H13N3O2. The predicted octanol–water partition coefficient (Wildman–Crippen LogP) is 0.347. The quantitative estimate of drug-likeness (QED) is 0.705. The number of hydrogen-bond donors (Lipinski definition) is 1. The Morgan fingerprint density at radius 1 is 1.57 bits per heavy atom. The molecule has 1 amide bonds. The zero-order valence-corrected chi connectivity index (χ0v) is 8.28. The minimum absolute atomic E-state index is 0.0444. The van der Waals surface area contributed by atoms with Gasteiger partial charge in [0, 0.05) is 19.4 Å². The van der Waals surface area contributed by atoms with E-state index in [1.54, 1.807) is 19.4 Å². The summed E-state index contributed by atoms with van der Waals surface area (Å²) in [6, 6.07) is 0. The maximum Gasteiger partial charge on any atom is 0.230 e. The number of carbonyl (C=O) groups excluding carboxylic acids is 2. The van der Waals surface area contributed by atoms with Crippen molar-refractivity contribution in [3.63, 3.8) is 0 Å². The average Bonchev–Trinajstić information content (AvgIpc) is 2.55. The van der Waals surface area contributed by atoms with Gasteiger partial charge in [-0.25, -0.2) is 4.98 Å². The van der Waals surface area contributed by atoms with Crippen LogP contribution in [-0.4, -0.2) is 33.6 Å². The average molecular weight is 195 g/mol. The van der Waals surface area contributed by atoms with Crippen LogP contribution >= 0.6 is 0 Å². The predicted molar refractivity (Wildman–Crippen MR) is 50.4 cm³/mol. The molecule has 1 heterocycles. The van der Waals surface area contributed by atoms with E-state index >= 15 is 0 Å². The van der Waals surface area contributed by atoms with Crippen molar-refractivity contribution < 1.29 is 9.59 Å². The number of amides is 1. The molecule has 1 aromatic heterocycles. The molecule has 5 nitrogen and oxygen atoms in total. The third-order valence-electron chi connectivity index (χ3n) is 1.77. The molecule has 14 heavy (non-hydrogen) atoms. The van der Waals surface area contributed by atoms with Crippen LogP contribution < -0.4 is 0 Å². The van der Waals surface area contributed by atoms with E-state index in [0.717, 1.165) is 0 Å². The van der Waals surface area contributed by atoms with Gasteiger partial charge < -0.3 is 9.88 Å². The van der Waals surface area contributed by atoms with Gasteiger partial charge >= 0.3 is 0 Å². The number of ketones is 1. The minimum atomic E-state index is -0.186. The summed E-state index contributed by atoms with van der Waals surface area (Å²) in [4.78, 5) is 30.4. The molecule has 0 saturated carbocycles. The van der Waals surface area contributed by atoms with E-state index in [2.05, 4.69) is 9.97 Å². The highest BCUT2D eigenvalue weighted by molar-refractivity contribution is 5.96. The molecule has 0 fully saturated rings. The van der Waals surface area contributed by atoms with Gasteiger partial charge in [-0.1, -0.05) is 0 Å². The zero-order valence-electron chi connectivity index (χ0n) is 8.28. The summed E-state index contributed by atoms with van der Waals surface area (Å²) in [5, 5.41) is 0. The molecule has 0 atom stereocenters. The number of H-pyrrole nitrogens is 1. The van der Waals surface area contributed by atoms with Gasteiger partial charge in [-0.05, 0) is 6.92 Å². The Morgan fingerprint density at radius 2 is 2.29 bits per heavy atom. The largest absolute Gasteiger partial charge is 0.347 e. The van der Waals surface area contributed by atoms with Crippen molar-refractivity contribution in [1.29, 1.82) is 0 Å². The Kier molecular flexibility index (Phi) is 3.39. The maximum absolute atomic E-state index is 11.3. The molecule has 1 aromatic rings. The summed E-state index contributed by atoms with van der Waals surface area (Å²) >= 11 is 0. The molecule has 0 aliphatic rings. The first-order chi connectivity index (χ1) is 6.59. The Morgan fingerprint density at radius 3 is 2.79 bits per heavy atom. The van der Waals surface area contributed by atoms with Crippen LogP contribution in [0.5, 0.6) is 0 Å². The van der Waals surface area contributed by atoms with Crippen molar-refractivity contribution in [1.82, 2.24) is 14.9 Å². The Hall–Kier alpha value is -1.65. The highest BCUT2D eigenvalue weighted by Gasteiger charge is 2.11. The fourth-order valence-electron chi connectivity index (χ4n) is 1.05. The van der Waals surface area contributed by atoms with E-state index in [1.165, 1.54) is 11.8 Å². The van der Waals surface area contributed by atoms with Gasteiger partial charge in [0.05, 0.1) is 13.0 Å². The fraction of sp³-hybridized carbons (Fsp3) is 0.444. The van der Waals surface area contributed by atoms with Gasteiger partial charge in [-0.15, -0.1) is 0 Å². The Labute approximate surface area is 82.1 Å². The van der Waals surface area contributed by atoms with Gasteiger partial charge in [0.1, 0.15) is 11.6 Å². The van der Waals surface area contributed by atoms with E-state index < -0.39 is 0 Å². The molecule has 0 aliphatic heterocycles. The molecular weight excluding hydrogens is 182 g/mol. The third kappa shape index (κ3) is 3.01. The Bertz CT molecular complexity index is 319. The lowest BCUT2D eigenvalue weighted by Crippen LogP contribution is -2.28. The number of imidazole rings is 1. The van der Waals surface area contributed by atoms with Crippen LogP contribution in [0.2, 0.25) is 0 Å². The first kappa shape index (κ1) is 10.4. The van der Waals surface area contributed by atoms with E-state index in [0.29, 0.717) is 12.4 Å². The van der Waals surface area contributed by atoms with Crippen LogP contribution in [0.1, 0.15) is 19.2 Å². The lowest BCUT2D eigenvalue weighted by molar-refractivity contribution is -0.134. The normalized spacial score (nSPS) is 9.86. The zero-order chi connectivity index (χ0) is 10.6. The van der Waals surface area contributed by atoms with E-state index in [4.69, 9.17) is 0 Å². The number of nitrogens with one attached hydrogen (secondary N) is 1. The van der Waals surface area contributed by atoms with Crippen LogP contribution in [0, 0.1) is 0 Å². The van der Waals surface area contributed by atoms with Crippen LogP contribution in [0.15, 0.2) is 12.4 Å². The van der Waals surface area contributed by atoms with Crippen molar-refractivity contribution >= 4 is 11.7 Å². The first-order valence-corrected chi connectivity index (χ1v) is 4.31. The van der Waals surface area contributed by atoms with Gasteiger partial charge in [-0.2, -0.15) is 0 Å². The topological polar surface area (TPSA) is 66.1 Å². The lowest BCUT2D eigenvalue weighted by atomic mass is 10.3. The molecule has 0 aromatic carbocycles. The summed E-state index contributed by atoms with van der Waals surface area (Å²) in [7, 11) is 1.65. The standard InChI is InChI=1S/C9H13N3O2/c1-7(13)5-9(14)12(2)6-8-10-3-4-11-8/h3-4H,5-6H2,1-2H3,(H,10,11). The van der Waals surface area contributed by atoms with Crippen molar-refractivity contribution in [2.45, 2.75) is 19.9 Å². The smallest absolute Gasteiger partial charge is 0.230 e. The fourth-order valence-corrected chi connectivity index (χ4v) is 1.05. The second kappa shape index (κ2) is 4.55. The second-order valence-electron chi connectivity index (χ2n) is 3.16. The van der Waals surface area contributed by atoms with Gasteiger partial charge in [-0.3, -0.25) is 9.59 Å². The third-order valence-corrected chi connectivity index (χ3v) is 1.77. The van der Waals surface area contributed by atoms with Gasteiger partial charge in [0.25, 0.3) is 0 Å². The molecule has 0 aliphatic carbocycles. The molecule has 0 radical (unpaired) electrons. The van der Waals surface area contributed by atoms with Crippen molar-refractivity contribution in [3.05, 3.63) is 18.2 Å². The van der Waals surface area contributed by atoms with Crippen LogP contribution in [0.25, 0.3) is 0 Å². The number of aromatic nitrogens is 2. The Balaban J connectivity index is 2.46. The van der Waals surface area contributed by atoms with Crippen molar-refractivity contribution in [2.24, 2.45) is 0 Å². The lowest BCUT2D eigenvalue weighted by Gasteiger charge is -2.14. The number of hydrogen-bond acceptors (Lipinski definition) is 3. The highest BCUT2D eigenvalue weighted by Crippen LogP contribution is 1.98.